The molecule has 0 unspecified atom stereocenters. The van der Waals surface area contributed by atoms with Crippen LogP contribution in [0.25, 0.3) is 0 Å². The van der Waals surface area contributed by atoms with Crippen molar-refractivity contribution in [3.63, 3.8) is 0 Å². The Bertz CT molecular complexity index is 555. The summed E-state index contributed by atoms with van der Waals surface area (Å²) in [7, 11) is 0. The summed E-state index contributed by atoms with van der Waals surface area (Å²) in [5, 5.41) is 0. The van der Waals surface area contributed by atoms with Gasteiger partial charge in [-0.2, -0.15) is 0 Å². The molecule has 0 atom stereocenters. The van der Waals surface area contributed by atoms with Crippen molar-refractivity contribution in [3.8, 4) is 0 Å². The van der Waals surface area contributed by atoms with Crippen molar-refractivity contribution < 1.29 is 19.1 Å². The molecule has 0 N–H and O–H groups in total. The van der Waals surface area contributed by atoms with Crippen molar-refractivity contribution in [1.82, 2.24) is 0 Å². The van der Waals surface area contributed by atoms with Gasteiger partial charge in [0.1, 0.15) is 0 Å². The van der Waals surface area contributed by atoms with E-state index in [9.17, 15) is 9.59 Å². The fourth-order valence-corrected chi connectivity index (χ4v) is 2.34. The molecule has 4 nitrogen and oxygen atoms in total. The summed E-state index contributed by atoms with van der Waals surface area (Å²) in [5.41, 5.74) is 1.15. The molecule has 0 heterocycles. The highest BCUT2D eigenvalue weighted by atomic mass is 16.5. The van der Waals surface area contributed by atoms with Crippen molar-refractivity contribution >= 4 is 11.9 Å². The van der Waals surface area contributed by atoms with E-state index < -0.39 is 11.9 Å². The van der Waals surface area contributed by atoms with Crippen LogP contribution in [0.4, 0.5) is 0 Å². The van der Waals surface area contributed by atoms with Crippen LogP contribution in [0.15, 0.2) is 18.2 Å². The first-order valence-corrected chi connectivity index (χ1v) is 8.80. The Morgan fingerprint density at radius 2 is 1.46 bits per heavy atom. The highest BCUT2D eigenvalue weighted by molar-refractivity contribution is 6.04. The van der Waals surface area contributed by atoms with Crippen molar-refractivity contribution in [1.29, 1.82) is 0 Å². The predicted molar refractivity (Wildman–Crippen MR) is 95.5 cm³/mol. The molecular weight excluding hydrogens is 304 g/mol. The number of carbonyl (C=O) groups is 2. The van der Waals surface area contributed by atoms with E-state index in [1.165, 1.54) is 0 Å². The summed E-state index contributed by atoms with van der Waals surface area (Å²) >= 11 is 0. The molecule has 0 bridgehead atoms. The van der Waals surface area contributed by atoms with Crippen molar-refractivity contribution in [2.24, 2.45) is 0 Å². The number of hydrogen-bond acceptors (Lipinski definition) is 4. The lowest BCUT2D eigenvalue weighted by atomic mass is 9.82. The van der Waals surface area contributed by atoms with Gasteiger partial charge in [-0.15, -0.1) is 0 Å². The van der Waals surface area contributed by atoms with Gasteiger partial charge in [-0.1, -0.05) is 59.6 Å². The normalized spacial score (nSPS) is 11.2. The minimum Gasteiger partial charge on any atom is -0.462 e. The number of esters is 2. The maximum atomic E-state index is 12.6. The fraction of sp³-hybridized carbons (Fsp3) is 0.600. The molecular formula is C20H30O4. The van der Waals surface area contributed by atoms with E-state index in [1.54, 1.807) is 12.1 Å². The maximum absolute atomic E-state index is 12.6. The number of unbranched alkanes of at least 4 members (excludes halogenated alkanes) is 2. The topological polar surface area (TPSA) is 52.6 Å². The molecule has 4 heteroatoms. The Morgan fingerprint density at radius 3 is 1.96 bits per heavy atom. The van der Waals surface area contributed by atoms with Gasteiger partial charge in [-0.25, -0.2) is 9.59 Å². The minimum atomic E-state index is -0.461. The number of benzene rings is 1. The summed E-state index contributed by atoms with van der Waals surface area (Å²) in [4.78, 5) is 25.0. The SMILES string of the molecule is CCCCOC(=O)c1cccc(C(C)(C)C)c1C(=O)OCCCC. The molecule has 0 spiro atoms. The summed E-state index contributed by atoms with van der Waals surface area (Å²) in [6, 6.07) is 5.30. The lowest BCUT2D eigenvalue weighted by molar-refractivity contribution is 0.0450. The van der Waals surface area contributed by atoms with E-state index >= 15 is 0 Å². The van der Waals surface area contributed by atoms with Crippen LogP contribution in [-0.2, 0) is 14.9 Å². The molecule has 0 amide bonds. The molecule has 134 valence electrons. The lowest BCUT2D eigenvalue weighted by Gasteiger charge is -2.23. The number of ether oxygens (including phenoxy) is 2. The van der Waals surface area contributed by atoms with Crippen molar-refractivity contribution in [2.75, 3.05) is 13.2 Å². The Hall–Kier alpha value is -1.84. The van der Waals surface area contributed by atoms with E-state index in [4.69, 9.17) is 9.47 Å². The van der Waals surface area contributed by atoms with Crippen molar-refractivity contribution in [3.05, 3.63) is 34.9 Å². The standard InChI is InChI=1S/C20H30O4/c1-6-8-13-23-18(21)15-11-10-12-16(20(3,4)5)17(15)19(22)24-14-9-7-2/h10-12H,6-9,13-14H2,1-5H3. The summed E-state index contributed by atoms with van der Waals surface area (Å²) < 4.78 is 10.7. The van der Waals surface area contributed by atoms with E-state index in [0.717, 1.165) is 31.2 Å². The van der Waals surface area contributed by atoms with Gasteiger partial charge in [0.2, 0.25) is 0 Å². The third-order valence-corrected chi connectivity index (χ3v) is 3.76. The van der Waals surface area contributed by atoms with Gasteiger partial charge in [-0.05, 0) is 29.9 Å². The average molecular weight is 334 g/mol. The van der Waals surface area contributed by atoms with E-state index in [-0.39, 0.29) is 5.41 Å². The van der Waals surface area contributed by atoms with Gasteiger partial charge in [0.05, 0.1) is 24.3 Å². The van der Waals surface area contributed by atoms with Crippen LogP contribution in [0.1, 0.15) is 86.6 Å². The molecule has 0 fully saturated rings. The quantitative estimate of drug-likeness (QED) is 0.501. The summed E-state index contributed by atoms with van der Waals surface area (Å²) in [6.45, 7) is 10.8. The summed E-state index contributed by atoms with van der Waals surface area (Å²) in [5.74, 6) is -0.909. The number of rotatable bonds is 8. The molecule has 0 aliphatic rings. The lowest BCUT2D eigenvalue weighted by Crippen LogP contribution is -2.23. The zero-order chi connectivity index (χ0) is 18.2. The van der Waals surface area contributed by atoms with E-state index in [2.05, 4.69) is 0 Å². The molecule has 0 saturated carbocycles. The molecule has 0 saturated heterocycles. The third-order valence-electron chi connectivity index (χ3n) is 3.76. The smallest absolute Gasteiger partial charge is 0.339 e. The molecule has 0 radical (unpaired) electrons. The largest absolute Gasteiger partial charge is 0.462 e. The number of hydrogen-bond donors (Lipinski definition) is 0. The van der Waals surface area contributed by atoms with Gasteiger partial charge in [0.15, 0.2) is 0 Å². The minimum absolute atomic E-state index is 0.279. The molecule has 0 aliphatic heterocycles. The monoisotopic (exact) mass is 334 g/mol. The Kier molecular flexibility index (Phi) is 7.96. The van der Waals surface area contributed by atoms with Crippen LogP contribution >= 0.6 is 0 Å². The zero-order valence-electron chi connectivity index (χ0n) is 15.6. The van der Waals surface area contributed by atoms with E-state index in [0.29, 0.717) is 24.3 Å². The third kappa shape index (κ3) is 5.66. The highest BCUT2D eigenvalue weighted by Gasteiger charge is 2.28. The first-order chi connectivity index (χ1) is 11.3. The van der Waals surface area contributed by atoms with Crippen LogP contribution in [0.3, 0.4) is 0 Å². The number of carbonyl (C=O) groups excluding carboxylic acids is 2. The van der Waals surface area contributed by atoms with Crippen LogP contribution < -0.4 is 0 Å². The Labute approximate surface area is 145 Å². The van der Waals surface area contributed by atoms with Gasteiger partial charge in [-0.3, -0.25) is 0 Å². The second kappa shape index (κ2) is 9.45. The van der Waals surface area contributed by atoms with Crippen LogP contribution in [-0.4, -0.2) is 25.2 Å². The van der Waals surface area contributed by atoms with Crippen LogP contribution in [0, 0.1) is 0 Å². The molecule has 1 aromatic carbocycles. The second-order valence-electron chi connectivity index (χ2n) is 6.96. The first-order valence-electron chi connectivity index (χ1n) is 8.80. The van der Waals surface area contributed by atoms with E-state index in [1.807, 2.05) is 40.7 Å². The van der Waals surface area contributed by atoms with Gasteiger partial charge in [0, 0.05) is 0 Å². The average Bonchev–Trinajstić information content (AvgIpc) is 2.53. The molecule has 0 aliphatic carbocycles. The fourth-order valence-electron chi connectivity index (χ4n) is 2.34. The molecule has 1 rings (SSSR count). The first kappa shape index (κ1) is 20.2. The zero-order valence-corrected chi connectivity index (χ0v) is 15.6. The van der Waals surface area contributed by atoms with Crippen LogP contribution in [0.2, 0.25) is 0 Å². The van der Waals surface area contributed by atoms with Gasteiger partial charge in [0.25, 0.3) is 0 Å². The van der Waals surface area contributed by atoms with Crippen LogP contribution in [0.5, 0.6) is 0 Å². The highest BCUT2D eigenvalue weighted by Crippen LogP contribution is 2.29. The molecule has 1 aromatic rings. The van der Waals surface area contributed by atoms with Gasteiger partial charge < -0.3 is 9.47 Å². The second-order valence-corrected chi connectivity index (χ2v) is 6.96. The van der Waals surface area contributed by atoms with Crippen molar-refractivity contribution in [2.45, 2.75) is 65.7 Å². The molecule has 24 heavy (non-hydrogen) atoms. The Balaban J connectivity index is 3.18. The summed E-state index contributed by atoms with van der Waals surface area (Å²) in [6.07, 6.45) is 3.50. The maximum Gasteiger partial charge on any atom is 0.339 e. The Morgan fingerprint density at radius 1 is 0.917 bits per heavy atom. The predicted octanol–water partition coefficient (Wildman–Crippen LogP) is 4.90. The molecule has 0 aromatic heterocycles. The van der Waals surface area contributed by atoms with Gasteiger partial charge >= 0.3 is 11.9 Å².